The molecule has 0 atom stereocenters. The third-order valence-electron chi connectivity index (χ3n) is 5.04. The Hall–Kier alpha value is -3.65. The Morgan fingerprint density at radius 2 is 1.84 bits per heavy atom. The maximum Gasteiger partial charge on any atom is 0.338 e. The van der Waals surface area contributed by atoms with Crippen LogP contribution in [0.1, 0.15) is 17.3 Å². The van der Waals surface area contributed by atoms with Crippen LogP contribution in [0.2, 0.25) is 0 Å². The van der Waals surface area contributed by atoms with E-state index in [1.165, 1.54) is 0 Å². The number of pyridine rings is 1. The van der Waals surface area contributed by atoms with Crippen molar-refractivity contribution >= 4 is 34.3 Å². The van der Waals surface area contributed by atoms with Gasteiger partial charge in [-0.2, -0.15) is 0 Å². The average molecular weight is 435 g/mol. The van der Waals surface area contributed by atoms with Crippen LogP contribution in [0.25, 0.3) is 10.9 Å². The summed E-state index contributed by atoms with van der Waals surface area (Å²) in [7, 11) is 0. The lowest BCUT2D eigenvalue weighted by Gasteiger charge is -2.28. The second kappa shape index (κ2) is 10.1. The van der Waals surface area contributed by atoms with Crippen molar-refractivity contribution in [3.8, 4) is 5.75 Å². The van der Waals surface area contributed by atoms with Gasteiger partial charge in [0.25, 0.3) is 5.91 Å². The molecule has 166 valence electrons. The van der Waals surface area contributed by atoms with Crippen molar-refractivity contribution in [1.29, 1.82) is 0 Å². The minimum Gasteiger partial charge on any atom is -0.481 e. The Labute approximate surface area is 186 Å². The molecule has 1 saturated heterocycles. The molecule has 1 aliphatic heterocycles. The molecular weight excluding hydrogens is 410 g/mol. The summed E-state index contributed by atoms with van der Waals surface area (Å²) in [6.45, 7) is 4.84. The van der Waals surface area contributed by atoms with Gasteiger partial charge in [-0.25, -0.2) is 9.78 Å². The van der Waals surface area contributed by atoms with Crippen molar-refractivity contribution in [2.45, 2.75) is 6.92 Å². The number of para-hydroxylation sites is 1. The molecule has 1 aromatic heterocycles. The number of rotatable bonds is 7. The fraction of sp³-hybridized carbons (Fsp3) is 0.292. The van der Waals surface area contributed by atoms with Crippen molar-refractivity contribution in [2.75, 3.05) is 49.7 Å². The van der Waals surface area contributed by atoms with Crippen LogP contribution >= 0.6 is 0 Å². The van der Waals surface area contributed by atoms with Crippen LogP contribution in [-0.2, 0) is 14.3 Å². The summed E-state index contributed by atoms with van der Waals surface area (Å²) in [4.78, 5) is 31.1. The molecule has 1 fully saturated rings. The molecule has 1 amide bonds. The Morgan fingerprint density at radius 3 is 2.59 bits per heavy atom. The first-order valence-electron chi connectivity index (χ1n) is 10.6. The van der Waals surface area contributed by atoms with Crippen LogP contribution in [0, 0.1) is 0 Å². The lowest BCUT2D eigenvalue weighted by molar-refractivity contribution is -0.118. The monoisotopic (exact) mass is 435 g/mol. The van der Waals surface area contributed by atoms with E-state index in [-0.39, 0.29) is 12.5 Å². The van der Waals surface area contributed by atoms with Crippen LogP contribution in [0.15, 0.2) is 54.6 Å². The van der Waals surface area contributed by atoms with Gasteiger partial charge in [-0.15, -0.1) is 0 Å². The standard InChI is InChI=1S/C24H25N3O5/c1-2-31-24(29)18-6-9-19(10-7-18)25-22(28)16-32-20-5-3-4-17-8-11-21(26-23(17)20)27-12-14-30-15-13-27/h3-11H,2,12-16H2,1H3,(H,25,28). The molecule has 0 unspecified atom stereocenters. The molecule has 4 rings (SSSR count). The van der Waals surface area contributed by atoms with E-state index in [1.54, 1.807) is 37.3 Å². The zero-order valence-corrected chi connectivity index (χ0v) is 17.9. The van der Waals surface area contributed by atoms with E-state index < -0.39 is 5.97 Å². The molecular formula is C24H25N3O5. The number of anilines is 2. The van der Waals surface area contributed by atoms with Gasteiger partial charge in [0.05, 0.1) is 25.4 Å². The molecule has 0 bridgehead atoms. The molecule has 8 heteroatoms. The number of benzene rings is 2. The number of carbonyl (C=O) groups is 2. The van der Waals surface area contributed by atoms with Gasteiger partial charge in [-0.1, -0.05) is 12.1 Å². The van der Waals surface area contributed by atoms with E-state index in [0.717, 1.165) is 24.3 Å². The number of hydrogen-bond donors (Lipinski definition) is 1. The summed E-state index contributed by atoms with van der Waals surface area (Å²) in [5, 5.41) is 3.70. The van der Waals surface area contributed by atoms with Gasteiger partial charge in [-0.3, -0.25) is 4.79 Å². The molecule has 0 saturated carbocycles. The summed E-state index contributed by atoms with van der Waals surface area (Å²) < 4.78 is 16.2. The van der Waals surface area contributed by atoms with Crippen molar-refractivity contribution in [2.24, 2.45) is 0 Å². The molecule has 2 heterocycles. The van der Waals surface area contributed by atoms with Gasteiger partial charge in [-0.05, 0) is 49.4 Å². The largest absolute Gasteiger partial charge is 0.481 e. The van der Waals surface area contributed by atoms with Gasteiger partial charge in [0.15, 0.2) is 6.61 Å². The van der Waals surface area contributed by atoms with Crippen LogP contribution < -0.4 is 15.0 Å². The van der Waals surface area contributed by atoms with Gasteiger partial charge in [0.1, 0.15) is 17.1 Å². The smallest absolute Gasteiger partial charge is 0.338 e. The Morgan fingerprint density at radius 1 is 1.06 bits per heavy atom. The van der Waals surface area contributed by atoms with E-state index >= 15 is 0 Å². The first-order chi connectivity index (χ1) is 15.6. The van der Waals surface area contributed by atoms with E-state index in [2.05, 4.69) is 10.2 Å². The number of amides is 1. The zero-order valence-electron chi connectivity index (χ0n) is 17.9. The van der Waals surface area contributed by atoms with Crippen molar-refractivity contribution in [3.05, 3.63) is 60.2 Å². The number of fused-ring (bicyclic) bond motifs is 1. The quantitative estimate of drug-likeness (QED) is 0.570. The predicted octanol–water partition coefficient (Wildman–Crippen LogP) is 3.27. The Kier molecular flexibility index (Phi) is 6.81. The molecule has 0 aliphatic carbocycles. The molecule has 8 nitrogen and oxygen atoms in total. The van der Waals surface area contributed by atoms with Crippen molar-refractivity contribution < 1.29 is 23.8 Å². The fourth-order valence-electron chi connectivity index (χ4n) is 3.44. The predicted molar refractivity (Wildman–Crippen MR) is 121 cm³/mol. The lowest BCUT2D eigenvalue weighted by Crippen LogP contribution is -2.36. The summed E-state index contributed by atoms with van der Waals surface area (Å²) in [6.07, 6.45) is 0. The highest BCUT2D eigenvalue weighted by atomic mass is 16.5. The third-order valence-corrected chi connectivity index (χ3v) is 5.04. The van der Waals surface area contributed by atoms with Crippen molar-refractivity contribution in [3.63, 3.8) is 0 Å². The number of nitrogens with zero attached hydrogens (tertiary/aromatic N) is 2. The first kappa shape index (κ1) is 21.6. The number of carbonyl (C=O) groups excluding carboxylic acids is 2. The number of nitrogens with one attached hydrogen (secondary N) is 1. The normalized spacial score (nSPS) is 13.6. The van der Waals surface area contributed by atoms with Crippen LogP contribution in [0.4, 0.5) is 11.5 Å². The minimum atomic E-state index is -0.395. The van der Waals surface area contributed by atoms with Gasteiger partial charge in [0, 0.05) is 24.2 Å². The molecule has 32 heavy (non-hydrogen) atoms. The van der Waals surface area contributed by atoms with Gasteiger partial charge >= 0.3 is 5.97 Å². The summed E-state index contributed by atoms with van der Waals surface area (Å²) in [6, 6.07) is 16.2. The Bertz CT molecular complexity index is 1090. The van der Waals surface area contributed by atoms with Crippen LogP contribution in [0.5, 0.6) is 5.75 Å². The number of hydrogen-bond acceptors (Lipinski definition) is 7. The van der Waals surface area contributed by atoms with E-state index in [0.29, 0.717) is 42.3 Å². The topological polar surface area (TPSA) is 90.0 Å². The molecule has 2 aromatic carbocycles. The minimum absolute atomic E-state index is 0.164. The van der Waals surface area contributed by atoms with Gasteiger partial charge in [0.2, 0.25) is 0 Å². The number of morpholine rings is 1. The highest BCUT2D eigenvalue weighted by Gasteiger charge is 2.15. The first-order valence-corrected chi connectivity index (χ1v) is 10.6. The number of ether oxygens (including phenoxy) is 3. The number of aromatic nitrogens is 1. The van der Waals surface area contributed by atoms with Gasteiger partial charge < -0.3 is 24.4 Å². The fourth-order valence-corrected chi connectivity index (χ4v) is 3.44. The second-order valence-electron chi connectivity index (χ2n) is 7.23. The van der Waals surface area contributed by atoms with Crippen LogP contribution in [0.3, 0.4) is 0 Å². The van der Waals surface area contributed by atoms with Crippen molar-refractivity contribution in [1.82, 2.24) is 4.98 Å². The zero-order chi connectivity index (χ0) is 22.3. The van der Waals surface area contributed by atoms with E-state index in [4.69, 9.17) is 19.2 Å². The van der Waals surface area contributed by atoms with E-state index in [1.807, 2.05) is 24.3 Å². The maximum absolute atomic E-state index is 12.4. The molecule has 3 aromatic rings. The maximum atomic E-state index is 12.4. The highest BCUT2D eigenvalue weighted by molar-refractivity contribution is 5.94. The number of esters is 1. The average Bonchev–Trinajstić information content (AvgIpc) is 2.83. The van der Waals surface area contributed by atoms with Crippen LogP contribution in [-0.4, -0.2) is 56.4 Å². The summed E-state index contributed by atoms with van der Waals surface area (Å²) >= 11 is 0. The SMILES string of the molecule is CCOC(=O)c1ccc(NC(=O)COc2cccc3ccc(N4CCOCC4)nc23)cc1. The lowest BCUT2D eigenvalue weighted by atomic mass is 10.2. The summed E-state index contributed by atoms with van der Waals surface area (Å²) in [5.41, 5.74) is 1.71. The summed E-state index contributed by atoms with van der Waals surface area (Å²) in [5.74, 6) is 0.706. The second-order valence-corrected chi connectivity index (χ2v) is 7.23. The highest BCUT2D eigenvalue weighted by Crippen LogP contribution is 2.27. The molecule has 1 aliphatic rings. The third kappa shape index (κ3) is 5.15. The molecule has 1 N–H and O–H groups in total. The van der Waals surface area contributed by atoms with E-state index in [9.17, 15) is 9.59 Å². The molecule has 0 spiro atoms. The Balaban J connectivity index is 1.41. The molecule has 0 radical (unpaired) electrons.